The predicted octanol–water partition coefficient (Wildman–Crippen LogP) is -3.50. The number of hydrogen-bond acceptors (Lipinski definition) is 4. The first-order valence-corrected chi connectivity index (χ1v) is 3.21. The minimum Gasteiger partial charge on any atom is -0.566 e. The molecule has 0 saturated heterocycles. The van der Waals surface area contributed by atoms with Crippen molar-refractivity contribution in [2.75, 3.05) is 6.61 Å². The van der Waals surface area contributed by atoms with Crippen molar-refractivity contribution in [1.82, 2.24) is 0 Å². The molecule has 1 atom stereocenters. The van der Waals surface area contributed by atoms with E-state index in [1.165, 1.54) is 0 Å². The molecule has 0 aliphatic carbocycles. The van der Waals surface area contributed by atoms with Crippen molar-refractivity contribution in [2.24, 2.45) is 0 Å². The maximum absolute atomic E-state index is 9.70. The van der Waals surface area contributed by atoms with Crippen LogP contribution in [-0.4, -0.2) is 17.7 Å². The Hall–Kier alpha value is 0.490. The normalized spacial score (nSPS) is 9.90. The molecule has 0 aromatic rings. The van der Waals surface area contributed by atoms with Crippen LogP contribution >= 0.6 is 8.25 Å². The summed E-state index contributed by atoms with van der Waals surface area (Å²) >= 11 is 0. The molecule has 10 heavy (non-hydrogen) atoms. The van der Waals surface area contributed by atoms with Gasteiger partial charge in [-0.05, 0) is 4.57 Å². The first-order chi connectivity index (χ1) is 4.13. The Morgan fingerprint density at radius 2 is 2.20 bits per heavy atom. The molecule has 1 N–H and O–H groups in total. The molecule has 0 saturated carbocycles. The smallest absolute Gasteiger partial charge is 0.566 e. The summed E-state index contributed by atoms with van der Waals surface area (Å²) in [4.78, 5) is 19.3. The van der Waals surface area contributed by atoms with Gasteiger partial charge in [-0.3, -0.25) is 4.79 Å². The summed E-state index contributed by atoms with van der Waals surface area (Å²) < 4.78 is 13.5. The Labute approximate surface area is 80.6 Å². The minimum absolute atomic E-state index is 0. The van der Waals surface area contributed by atoms with Gasteiger partial charge in [-0.1, -0.05) is 0 Å². The average molecular weight is 175 g/mol. The van der Waals surface area contributed by atoms with Crippen LogP contribution in [0, 0.1) is 0 Å². The van der Waals surface area contributed by atoms with Crippen LogP contribution in [0.4, 0.5) is 0 Å². The zero-order valence-electron chi connectivity index (χ0n) is 5.44. The molecule has 0 aliphatic heterocycles. The van der Waals surface area contributed by atoms with Crippen LogP contribution in [0.1, 0.15) is 6.42 Å². The van der Waals surface area contributed by atoms with Crippen molar-refractivity contribution in [3.63, 3.8) is 0 Å². The Kier molecular flexibility index (Phi) is 9.96. The van der Waals surface area contributed by atoms with Crippen molar-refractivity contribution < 1.29 is 53.4 Å². The summed E-state index contributed by atoms with van der Waals surface area (Å²) in [5.74, 6) is -1.08. The molecule has 5 nitrogen and oxygen atoms in total. The maximum Gasteiger partial charge on any atom is 1.00 e. The molecule has 0 bridgehead atoms. The third kappa shape index (κ3) is 11.3. The van der Waals surface area contributed by atoms with Crippen LogP contribution in [0.5, 0.6) is 0 Å². The summed E-state index contributed by atoms with van der Waals surface area (Å²) in [6, 6.07) is 0. The van der Waals surface area contributed by atoms with E-state index < -0.39 is 14.2 Å². The second-order valence-corrected chi connectivity index (χ2v) is 1.91. The summed E-state index contributed by atoms with van der Waals surface area (Å²) in [7, 11) is -2.89. The molecule has 0 spiro atoms. The van der Waals surface area contributed by atoms with Gasteiger partial charge in [0.1, 0.15) is 6.61 Å². The Morgan fingerprint density at radius 1 is 1.70 bits per heavy atom. The fourth-order valence-electron chi connectivity index (χ4n) is 0.207. The van der Waals surface area contributed by atoms with Gasteiger partial charge >= 0.3 is 43.8 Å². The molecule has 0 aromatic heterocycles. The van der Waals surface area contributed by atoms with Crippen LogP contribution in [0.3, 0.4) is 0 Å². The van der Waals surface area contributed by atoms with Gasteiger partial charge in [-0.15, -0.1) is 4.52 Å². The zero-order valence-corrected chi connectivity index (χ0v) is 8.34. The van der Waals surface area contributed by atoms with E-state index in [0.717, 1.165) is 0 Å². The summed E-state index contributed by atoms with van der Waals surface area (Å²) in [6.45, 7) is -0.284. The van der Waals surface area contributed by atoms with E-state index in [9.17, 15) is 14.3 Å². The first-order valence-electron chi connectivity index (χ1n) is 2.12. The summed E-state index contributed by atoms with van der Waals surface area (Å²) in [5.41, 5.74) is 0. The second-order valence-electron chi connectivity index (χ2n) is 1.20. The molecule has 1 unspecified atom stereocenters. The molecule has 52 valence electrons. The predicted molar refractivity (Wildman–Crippen MR) is 25.8 cm³/mol. The number of aliphatic carboxylic acids is 1. The van der Waals surface area contributed by atoms with Gasteiger partial charge in [0.2, 0.25) is 0 Å². The van der Waals surface area contributed by atoms with E-state index in [4.69, 9.17) is 5.11 Å². The number of hydrogen-bond donors (Lipinski definition) is 1. The third-order valence-electron chi connectivity index (χ3n) is 0.513. The quantitative estimate of drug-likeness (QED) is 0.354. The van der Waals surface area contributed by atoms with Crippen LogP contribution in [0.2, 0.25) is 0 Å². The Balaban J connectivity index is 0. The summed E-state index contributed by atoms with van der Waals surface area (Å²) in [5, 5.41) is 7.95. The molecular formula is C3H5NaO5P+. The van der Waals surface area contributed by atoms with Gasteiger partial charge in [0.05, 0.1) is 6.42 Å². The van der Waals surface area contributed by atoms with Crippen molar-refractivity contribution in [3.8, 4) is 0 Å². The molecule has 0 aliphatic rings. The zero-order chi connectivity index (χ0) is 7.28. The van der Waals surface area contributed by atoms with E-state index in [0.29, 0.717) is 0 Å². The molecule has 0 rings (SSSR count). The van der Waals surface area contributed by atoms with Crippen LogP contribution in [-0.2, 0) is 13.9 Å². The SMILES string of the molecule is O=C(O)CCO[P+](=O)[O-].[Na+]. The monoisotopic (exact) mass is 175 g/mol. The van der Waals surface area contributed by atoms with Crippen LogP contribution in [0.15, 0.2) is 0 Å². The van der Waals surface area contributed by atoms with Crippen molar-refractivity contribution in [1.29, 1.82) is 0 Å². The van der Waals surface area contributed by atoms with Gasteiger partial charge in [0.15, 0.2) is 0 Å². The molecule has 7 heteroatoms. The molecule has 0 heterocycles. The van der Waals surface area contributed by atoms with E-state index in [2.05, 4.69) is 4.52 Å². The average Bonchev–Trinajstić information content (AvgIpc) is 1.63. The standard InChI is InChI=1S/C3H5O5P.Na/c4-3(5)1-2-8-9(6)7;/h1-2H2,(H,4,5);/q;+1. The largest absolute Gasteiger partial charge is 1.00 e. The van der Waals surface area contributed by atoms with Gasteiger partial charge in [0.25, 0.3) is 0 Å². The van der Waals surface area contributed by atoms with Gasteiger partial charge in [0, 0.05) is 0 Å². The second kappa shape index (κ2) is 7.60. The molecule has 0 radical (unpaired) electrons. The van der Waals surface area contributed by atoms with E-state index in [1.807, 2.05) is 0 Å². The van der Waals surface area contributed by atoms with Gasteiger partial charge in [-0.25, -0.2) is 0 Å². The fraction of sp³-hybridized carbons (Fsp3) is 0.667. The Morgan fingerprint density at radius 3 is 2.50 bits per heavy atom. The topological polar surface area (TPSA) is 86.7 Å². The van der Waals surface area contributed by atoms with E-state index in [1.54, 1.807) is 0 Å². The molecule has 0 fully saturated rings. The molecular weight excluding hydrogens is 170 g/mol. The number of rotatable bonds is 4. The van der Waals surface area contributed by atoms with E-state index in [-0.39, 0.29) is 42.6 Å². The number of carboxylic acid groups (broad SMARTS) is 1. The minimum atomic E-state index is -2.89. The van der Waals surface area contributed by atoms with E-state index >= 15 is 0 Å². The van der Waals surface area contributed by atoms with Crippen LogP contribution in [0.25, 0.3) is 0 Å². The van der Waals surface area contributed by atoms with Crippen molar-refractivity contribution in [2.45, 2.75) is 6.42 Å². The van der Waals surface area contributed by atoms with Crippen molar-refractivity contribution >= 4 is 14.2 Å². The van der Waals surface area contributed by atoms with Gasteiger partial charge < -0.3 is 10.00 Å². The molecule has 0 aromatic carbocycles. The Bertz CT molecular complexity index is 112. The maximum atomic E-state index is 9.70. The van der Waals surface area contributed by atoms with Crippen LogP contribution < -0.4 is 34.5 Å². The molecule has 0 amide bonds. The van der Waals surface area contributed by atoms with Crippen molar-refractivity contribution in [3.05, 3.63) is 0 Å². The fourth-order valence-corrected chi connectivity index (χ4v) is 0.448. The summed E-state index contributed by atoms with van der Waals surface area (Å²) in [6.07, 6.45) is -0.288. The third-order valence-corrected chi connectivity index (χ3v) is 0.906. The number of carbonyl (C=O) groups is 1. The number of carboxylic acids is 1. The van der Waals surface area contributed by atoms with Gasteiger partial charge in [-0.2, -0.15) is 0 Å². The first kappa shape index (κ1) is 13.1.